The van der Waals surface area contributed by atoms with Gasteiger partial charge < -0.3 is 10.6 Å². The predicted octanol–water partition coefficient (Wildman–Crippen LogP) is 2.90. The number of imide groups is 1. The molecule has 8 nitrogen and oxygen atoms in total. The Balaban J connectivity index is 1.53. The van der Waals surface area contributed by atoms with Gasteiger partial charge in [-0.05, 0) is 48.4 Å². The van der Waals surface area contributed by atoms with E-state index in [1.807, 2.05) is 0 Å². The SMILES string of the molecule is Nc1ccc(-n2cc(C(F)(F)F)nc2-c2ccc3c(c2)CN(C2CCC(=O)NC2=O)C3=O)cc1. The molecule has 34 heavy (non-hydrogen) atoms. The molecule has 0 aliphatic carbocycles. The van der Waals surface area contributed by atoms with E-state index >= 15 is 0 Å². The summed E-state index contributed by atoms with van der Waals surface area (Å²) >= 11 is 0. The number of hydrogen-bond acceptors (Lipinski definition) is 5. The van der Waals surface area contributed by atoms with Crippen molar-refractivity contribution in [2.75, 3.05) is 5.73 Å². The lowest BCUT2D eigenvalue weighted by atomic mass is 10.0. The Kier molecular flexibility index (Phi) is 4.92. The van der Waals surface area contributed by atoms with Crippen LogP contribution < -0.4 is 11.1 Å². The van der Waals surface area contributed by atoms with E-state index in [1.165, 1.54) is 21.6 Å². The Hall–Kier alpha value is -4.15. The fourth-order valence-corrected chi connectivity index (χ4v) is 4.27. The highest BCUT2D eigenvalue weighted by atomic mass is 19.4. The molecule has 3 heterocycles. The number of nitrogen functional groups attached to an aromatic ring is 1. The van der Waals surface area contributed by atoms with Crippen molar-refractivity contribution in [3.63, 3.8) is 0 Å². The Bertz CT molecular complexity index is 1330. The number of piperidine rings is 1. The third-order valence-corrected chi connectivity index (χ3v) is 5.95. The Morgan fingerprint density at radius 2 is 1.79 bits per heavy atom. The average Bonchev–Trinajstić information content (AvgIpc) is 3.36. The van der Waals surface area contributed by atoms with Crippen molar-refractivity contribution < 1.29 is 27.6 Å². The van der Waals surface area contributed by atoms with Crippen LogP contribution in [0.1, 0.15) is 34.5 Å². The topological polar surface area (TPSA) is 110 Å². The van der Waals surface area contributed by atoms with Crippen LogP contribution in [-0.4, -0.2) is 38.2 Å². The number of hydrogen-bond donors (Lipinski definition) is 2. The zero-order chi connectivity index (χ0) is 24.2. The second kappa shape index (κ2) is 7.72. The molecule has 2 aliphatic heterocycles. The van der Waals surface area contributed by atoms with Gasteiger partial charge in [-0.3, -0.25) is 24.3 Å². The van der Waals surface area contributed by atoms with Crippen LogP contribution in [0.4, 0.5) is 18.9 Å². The number of carbonyl (C=O) groups is 3. The van der Waals surface area contributed by atoms with Crippen LogP contribution in [0.5, 0.6) is 0 Å². The second-order valence-corrected chi connectivity index (χ2v) is 8.18. The van der Waals surface area contributed by atoms with Gasteiger partial charge in [0, 0.05) is 41.7 Å². The molecule has 174 valence electrons. The molecular formula is C23H18F3N5O3. The quantitative estimate of drug-likeness (QED) is 0.453. The van der Waals surface area contributed by atoms with Gasteiger partial charge in [-0.2, -0.15) is 13.2 Å². The van der Waals surface area contributed by atoms with E-state index in [9.17, 15) is 27.6 Å². The molecule has 1 atom stereocenters. The number of amides is 3. The van der Waals surface area contributed by atoms with Gasteiger partial charge in [0.15, 0.2) is 5.69 Å². The van der Waals surface area contributed by atoms with Crippen LogP contribution in [-0.2, 0) is 22.3 Å². The Morgan fingerprint density at radius 3 is 2.47 bits per heavy atom. The molecule has 2 aromatic carbocycles. The highest BCUT2D eigenvalue weighted by Gasteiger charge is 2.39. The van der Waals surface area contributed by atoms with E-state index in [-0.39, 0.29) is 37.0 Å². The number of carbonyl (C=O) groups excluding carboxylic acids is 3. The number of anilines is 1. The number of nitrogens with two attached hydrogens (primary N) is 1. The Labute approximate surface area is 191 Å². The van der Waals surface area contributed by atoms with Crippen LogP contribution in [0.2, 0.25) is 0 Å². The fraction of sp³-hybridized carbons (Fsp3) is 0.217. The van der Waals surface area contributed by atoms with E-state index in [4.69, 9.17) is 5.73 Å². The number of halogens is 3. The molecule has 3 aromatic rings. The first-order valence-electron chi connectivity index (χ1n) is 10.4. The van der Waals surface area contributed by atoms with Crippen LogP contribution in [0.15, 0.2) is 48.7 Å². The van der Waals surface area contributed by atoms with Gasteiger partial charge in [0.1, 0.15) is 11.9 Å². The molecular weight excluding hydrogens is 451 g/mol. The highest BCUT2D eigenvalue weighted by Crippen LogP contribution is 2.35. The molecule has 1 unspecified atom stereocenters. The molecule has 0 bridgehead atoms. The van der Waals surface area contributed by atoms with Crippen LogP contribution >= 0.6 is 0 Å². The summed E-state index contributed by atoms with van der Waals surface area (Å²) in [4.78, 5) is 41.8. The number of imidazole rings is 1. The smallest absolute Gasteiger partial charge is 0.399 e. The van der Waals surface area contributed by atoms with Gasteiger partial charge >= 0.3 is 6.18 Å². The van der Waals surface area contributed by atoms with Crippen molar-refractivity contribution in [1.29, 1.82) is 0 Å². The van der Waals surface area contributed by atoms with E-state index in [0.717, 1.165) is 6.20 Å². The highest BCUT2D eigenvalue weighted by molar-refractivity contribution is 6.05. The maximum Gasteiger partial charge on any atom is 0.434 e. The summed E-state index contributed by atoms with van der Waals surface area (Å²) in [6.07, 6.45) is -3.40. The van der Waals surface area contributed by atoms with Gasteiger partial charge in [0.25, 0.3) is 5.91 Å². The number of nitrogens with one attached hydrogen (secondary N) is 1. The van der Waals surface area contributed by atoms with Crippen molar-refractivity contribution in [3.05, 3.63) is 65.5 Å². The molecule has 0 spiro atoms. The van der Waals surface area contributed by atoms with E-state index in [1.54, 1.807) is 30.3 Å². The molecule has 3 amide bonds. The summed E-state index contributed by atoms with van der Waals surface area (Å²) < 4.78 is 41.7. The van der Waals surface area contributed by atoms with Crippen molar-refractivity contribution in [2.45, 2.75) is 31.6 Å². The summed E-state index contributed by atoms with van der Waals surface area (Å²) in [7, 11) is 0. The monoisotopic (exact) mass is 469 g/mol. The van der Waals surface area contributed by atoms with Crippen molar-refractivity contribution in [2.24, 2.45) is 0 Å². The van der Waals surface area contributed by atoms with E-state index in [2.05, 4.69) is 10.3 Å². The molecule has 11 heteroatoms. The molecule has 2 aliphatic rings. The number of alkyl halides is 3. The predicted molar refractivity (Wildman–Crippen MR) is 114 cm³/mol. The summed E-state index contributed by atoms with van der Waals surface area (Å²) in [6.45, 7) is 0.100. The third kappa shape index (κ3) is 3.68. The van der Waals surface area contributed by atoms with Crippen molar-refractivity contribution >= 4 is 23.4 Å². The average molecular weight is 469 g/mol. The summed E-state index contributed by atoms with van der Waals surface area (Å²) in [5.41, 5.74) is 6.85. The first kappa shape index (κ1) is 21.7. The lowest BCUT2D eigenvalue weighted by Crippen LogP contribution is -2.52. The first-order valence-corrected chi connectivity index (χ1v) is 10.4. The number of fused-ring (bicyclic) bond motifs is 1. The number of nitrogens with zero attached hydrogens (tertiary/aromatic N) is 3. The first-order chi connectivity index (χ1) is 16.1. The zero-order valence-corrected chi connectivity index (χ0v) is 17.6. The molecule has 5 rings (SSSR count). The molecule has 1 aromatic heterocycles. The Morgan fingerprint density at radius 1 is 1.06 bits per heavy atom. The fourth-order valence-electron chi connectivity index (χ4n) is 4.27. The minimum Gasteiger partial charge on any atom is -0.399 e. The molecule has 0 radical (unpaired) electrons. The largest absolute Gasteiger partial charge is 0.434 e. The maximum absolute atomic E-state index is 13.5. The van der Waals surface area contributed by atoms with Gasteiger partial charge in [-0.15, -0.1) is 0 Å². The van der Waals surface area contributed by atoms with E-state index < -0.39 is 23.8 Å². The van der Waals surface area contributed by atoms with Gasteiger partial charge in [0.2, 0.25) is 11.8 Å². The number of benzene rings is 2. The number of rotatable bonds is 3. The lowest BCUT2D eigenvalue weighted by molar-refractivity contribution is -0.141. The lowest BCUT2D eigenvalue weighted by Gasteiger charge is -2.29. The van der Waals surface area contributed by atoms with Gasteiger partial charge in [0.05, 0.1) is 0 Å². The number of aromatic nitrogens is 2. The molecule has 1 fully saturated rings. The molecule has 3 N–H and O–H groups in total. The van der Waals surface area contributed by atoms with Crippen LogP contribution in [0, 0.1) is 0 Å². The van der Waals surface area contributed by atoms with Gasteiger partial charge in [-0.25, -0.2) is 4.98 Å². The standard InChI is InChI=1S/C23H18F3N5O3/c24-23(25,26)18-11-30(15-4-2-14(27)3-5-15)20(28-18)12-1-6-16-13(9-12)10-31(22(16)34)17-7-8-19(32)29-21(17)33/h1-6,9,11,17H,7-8,10,27H2,(H,29,32,33). The summed E-state index contributed by atoms with van der Waals surface area (Å²) in [5, 5.41) is 2.24. The zero-order valence-electron chi connectivity index (χ0n) is 17.6. The normalized spacial score (nSPS) is 18.3. The minimum absolute atomic E-state index is 0.0480. The van der Waals surface area contributed by atoms with Crippen molar-refractivity contribution in [1.82, 2.24) is 19.8 Å². The minimum atomic E-state index is -4.65. The maximum atomic E-state index is 13.5. The molecule has 1 saturated heterocycles. The van der Waals surface area contributed by atoms with Crippen LogP contribution in [0.25, 0.3) is 17.1 Å². The summed E-state index contributed by atoms with van der Waals surface area (Å²) in [6, 6.07) is 10.2. The van der Waals surface area contributed by atoms with Gasteiger partial charge in [-0.1, -0.05) is 6.07 Å². The summed E-state index contributed by atoms with van der Waals surface area (Å²) in [5.74, 6) is -1.24. The third-order valence-electron chi connectivity index (χ3n) is 5.95. The molecule has 0 saturated carbocycles. The van der Waals surface area contributed by atoms with E-state index in [0.29, 0.717) is 28.1 Å². The second-order valence-electron chi connectivity index (χ2n) is 8.18. The van der Waals surface area contributed by atoms with Crippen LogP contribution in [0.3, 0.4) is 0 Å². The van der Waals surface area contributed by atoms with Crippen molar-refractivity contribution in [3.8, 4) is 17.1 Å².